The molecule has 0 aliphatic rings. The normalized spacial score (nSPS) is 11.0. The Morgan fingerprint density at radius 2 is 1.31 bits per heavy atom. The second-order valence-corrected chi connectivity index (χ2v) is 11.5. The van der Waals surface area contributed by atoms with Crippen molar-refractivity contribution in [1.29, 1.82) is 0 Å². The molecule has 0 heterocycles. The van der Waals surface area contributed by atoms with Crippen molar-refractivity contribution in [2.24, 2.45) is 0 Å². The Morgan fingerprint density at radius 3 is 1.76 bits per heavy atom. The van der Waals surface area contributed by atoms with E-state index in [4.69, 9.17) is 0 Å². The van der Waals surface area contributed by atoms with Gasteiger partial charge in [-0.25, -0.2) is 0 Å². The van der Waals surface area contributed by atoms with Crippen LogP contribution >= 0.6 is 0 Å². The molecule has 0 fully saturated rings. The van der Waals surface area contributed by atoms with E-state index in [1.54, 1.807) is 0 Å². The van der Waals surface area contributed by atoms with Gasteiger partial charge in [0.1, 0.15) is 5.60 Å². The van der Waals surface area contributed by atoms with Gasteiger partial charge in [0, 0.05) is 11.0 Å². The molecule has 1 heteroatoms. The minimum atomic E-state index is -0.893. The van der Waals surface area contributed by atoms with Gasteiger partial charge < -0.3 is 5.11 Å². The molecule has 0 atom stereocenters. The molecular weight excluding hydrogens is 508 g/mol. The van der Waals surface area contributed by atoms with Gasteiger partial charge in [-0.3, -0.25) is 0 Å². The first-order valence-corrected chi connectivity index (χ1v) is 15.3. The minimum Gasteiger partial charge on any atom is -0.378 e. The lowest BCUT2D eigenvalue weighted by Crippen LogP contribution is -2.26. The summed E-state index contributed by atoms with van der Waals surface area (Å²) in [5.74, 6) is 6.54. The van der Waals surface area contributed by atoms with E-state index >= 15 is 0 Å². The summed E-state index contributed by atoms with van der Waals surface area (Å²) >= 11 is 0. The fraction of sp³-hybridized carbons (Fsp3) is 0.415. The van der Waals surface area contributed by atoms with Crippen LogP contribution in [0.3, 0.4) is 0 Å². The number of hydrogen-bond acceptors (Lipinski definition) is 1. The Kier molecular flexibility index (Phi) is 14.8. The molecule has 0 spiro atoms. The number of rotatable bonds is 11. The third-order valence-electron chi connectivity index (χ3n) is 8.29. The Balaban J connectivity index is 0.00000288. The maximum absolute atomic E-state index is 11.0. The van der Waals surface area contributed by atoms with E-state index < -0.39 is 5.60 Å². The van der Waals surface area contributed by atoms with Gasteiger partial charge in [0.15, 0.2) is 0 Å². The molecule has 0 unspecified atom stereocenters. The smallest absolute Gasteiger partial charge is 0.125 e. The van der Waals surface area contributed by atoms with Crippen molar-refractivity contribution in [2.75, 3.05) is 0 Å². The van der Waals surface area contributed by atoms with E-state index in [0.29, 0.717) is 12.8 Å². The fourth-order valence-corrected chi connectivity index (χ4v) is 6.03. The third kappa shape index (κ3) is 8.83. The fourth-order valence-electron chi connectivity index (χ4n) is 6.03. The summed E-state index contributed by atoms with van der Waals surface area (Å²) < 4.78 is 0. The Morgan fingerprint density at radius 1 is 0.786 bits per heavy atom. The quantitative estimate of drug-likeness (QED) is 0.181. The maximum Gasteiger partial charge on any atom is 0.125 e. The molecule has 0 amide bonds. The molecule has 0 saturated carbocycles. The van der Waals surface area contributed by atoms with E-state index in [0.717, 1.165) is 37.7 Å². The number of aliphatic hydroxyl groups is 1. The molecule has 42 heavy (non-hydrogen) atoms. The van der Waals surface area contributed by atoms with Crippen molar-refractivity contribution in [1.82, 2.24) is 0 Å². The highest BCUT2D eigenvalue weighted by atomic mass is 16.3. The summed E-state index contributed by atoms with van der Waals surface area (Å²) in [5.41, 5.74) is 10.3. The van der Waals surface area contributed by atoms with Crippen LogP contribution < -0.4 is 0 Å². The molecule has 0 aliphatic carbocycles. The highest BCUT2D eigenvalue weighted by molar-refractivity contribution is 5.68. The summed E-state index contributed by atoms with van der Waals surface area (Å²) in [4.78, 5) is 0. The van der Waals surface area contributed by atoms with E-state index in [2.05, 4.69) is 141 Å². The summed E-state index contributed by atoms with van der Waals surface area (Å²) in [5, 5.41) is 11.0. The maximum atomic E-state index is 11.0. The number of allylic oxidation sites excluding steroid dienone is 1. The van der Waals surface area contributed by atoms with Crippen molar-refractivity contribution in [3.63, 3.8) is 0 Å². The van der Waals surface area contributed by atoms with Gasteiger partial charge in [-0.05, 0) is 97.9 Å². The standard InChI is InChI=1S/C38H48O.C2H4.CH4/c1-9-22-37(39,23-10-2)24-21-32-17-18-34(26-29(32)7)38(11-3,12-4)35-19-20-36(30(8)27-35)33-15-13-31(14-16-33)25-28(5)6;1-2;/h13-20,26-27,39H,5,9-12,22-23,25H2,1-4,6-8H3;1-2H2;1H4. The van der Waals surface area contributed by atoms with E-state index in [-0.39, 0.29) is 12.8 Å². The second kappa shape index (κ2) is 16.9. The highest BCUT2D eigenvalue weighted by Crippen LogP contribution is 2.41. The first-order chi connectivity index (χ1) is 19.6. The van der Waals surface area contributed by atoms with E-state index in [1.807, 2.05) is 0 Å². The average molecular weight is 565 g/mol. The number of hydrogen-bond donors (Lipinski definition) is 1. The second-order valence-electron chi connectivity index (χ2n) is 11.5. The molecule has 1 N–H and O–H groups in total. The summed E-state index contributed by atoms with van der Waals surface area (Å²) in [7, 11) is 0. The van der Waals surface area contributed by atoms with Crippen LogP contribution in [0.25, 0.3) is 11.1 Å². The minimum absolute atomic E-state index is 0. The first kappa shape index (κ1) is 36.7. The predicted octanol–water partition coefficient (Wildman–Crippen LogP) is 11.3. The van der Waals surface area contributed by atoms with Crippen LogP contribution in [0, 0.1) is 25.7 Å². The van der Waals surface area contributed by atoms with E-state index in [9.17, 15) is 5.11 Å². The third-order valence-corrected chi connectivity index (χ3v) is 8.29. The summed E-state index contributed by atoms with van der Waals surface area (Å²) in [6.07, 6.45) is 6.26. The SMILES string of the molecule is C.C=C.C=C(C)Cc1ccc(-c2ccc(C(CC)(CC)c3ccc(C#CC(O)(CCC)CCC)c(C)c3)cc2C)cc1. The molecule has 0 bridgehead atoms. The molecule has 0 aromatic heterocycles. The van der Waals surface area contributed by atoms with E-state index in [1.165, 1.54) is 44.5 Å². The van der Waals surface area contributed by atoms with Crippen LogP contribution in [0.1, 0.15) is 114 Å². The number of benzene rings is 3. The number of aryl methyl sites for hydroxylation is 2. The molecule has 3 aromatic rings. The van der Waals surface area contributed by atoms with Gasteiger partial charge in [0.2, 0.25) is 0 Å². The van der Waals surface area contributed by atoms with Crippen molar-refractivity contribution in [2.45, 2.75) is 112 Å². The lowest BCUT2D eigenvalue weighted by Gasteiger charge is -2.34. The average Bonchev–Trinajstić information content (AvgIpc) is 2.95. The zero-order valence-corrected chi connectivity index (χ0v) is 26.8. The molecular formula is C41H56O. The van der Waals surface area contributed by atoms with Crippen LogP contribution in [0.2, 0.25) is 0 Å². The zero-order valence-electron chi connectivity index (χ0n) is 26.8. The van der Waals surface area contributed by atoms with Gasteiger partial charge in [-0.1, -0.05) is 127 Å². The highest BCUT2D eigenvalue weighted by Gasteiger charge is 2.31. The van der Waals surface area contributed by atoms with Crippen LogP contribution in [-0.4, -0.2) is 10.7 Å². The zero-order chi connectivity index (χ0) is 30.6. The van der Waals surface area contributed by atoms with Crippen molar-refractivity contribution < 1.29 is 5.11 Å². The van der Waals surface area contributed by atoms with Crippen LogP contribution in [0.5, 0.6) is 0 Å². The Bertz CT molecular complexity index is 1340. The van der Waals surface area contributed by atoms with Gasteiger partial charge in [0.05, 0.1) is 0 Å². The van der Waals surface area contributed by atoms with Crippen molar-refractivity contribution in [3.8, 4) is 23.0 Å². The molecule has 0 radical (unpaired) electrons. The Hall–Kier alpha value is -3.34. The van der Waals surface area contributed by atoms with Gasteiger partial charge in [-0.15, -0.1) is 13.2 Å². The van der Waals surface area contributed by atoms with Crippen molar-refractivity contribution >= 4 is 0 Å². The molecule has 3 aromatic carbocycles. The van der Waals surface area contributed by atoms with Gasteiger partial charge in [0.25, 0.3) is 0 Å². The Labute approximate surface area is 258 Å². The lowest BCUT2D eigenvalue weighted by atomic mass is 9.69. The molecule has 0 aliphatic heterocycles. The summed E-state index contributed by atoms with van der Waals surface area (Å²) in [6.45, 7) is 25.3. The van der Waals surface area contributed by atoms with Crippen LogP contribution in [-0.2, 0) is 11.8 Å². The van der Waals surface area contributed by atoms with Gasteiger partial charge >= 0.3 is 0 Å². The predicted molar refractivity (Wildman–Crippen MR) is 187 cm³/mol. The molecule has 226 valence electrons. The molecule has 0 saturated heterocycles. The topological polar surface area (TPSA) is 20.2 Å². The molecule has 3 rings (SSSR count). The monoisotopic (exact) mass is 564 g/mol. The van der Waals surface area contributed by atoms with Gasteiger partial charge in [-0.2, -0.15) is 0 Å². The van der Waals surface area contributed by atoms with Crippen molar-refractivity contribution in [3.05, 3.63) is 119 Å². The lowest BCUT2D eigenvalue weighted by molar-refractivity contribution is 0.0807. The first-order valence-electron chi connectivity index (χ1n) is 15.3. The summed E-state index contributed by atoms with van der Waals surface area (Å²) in [6, 6.07) is 22.7. The molecule has 1 nitrogen and oxygen atoms in total. The van der Waals surface area contributed by atoms with Crippen LogP contribution in [0.4, 0.5) is 0 Å². The van der Waals surface area contributed by atoms with Crippen LogP contribution in [0.15, 0.2) is 86.0 Å². The largest absolute Gasteiger partial charge is 0.378 e.